The molecular formula is C14H20F3N3O2. The second-order valence-corrected chi connectivity index (χ2v) is 6.70. The van der Waals surface area contributed by atoms with Gasteiger partial charge in [-0.05, 0) is 24.7 Å². The Balaban J connectivity index is 1.59. The van der Waals surface area contributed by atoms with Crippen LogP contribution in [-0.4, -0.2) is 60.0 Å². The SMILES string of the molecule is NC1CCC2CN(C(=O)C3CC(=O)N(CC(F)(F)F)C3)CC12. The van der Waals surface area contributed by atoms with Crippen LogP contribution in [0, 0.1) is 17.8 Å². The monoisotopic (exact) mass is 319 g/mol. The third-order valence-corrected chi connectivity index (χ3v) is 5.16. The first-order valence-corrected chi connectivity index (χ1v) is 7.63. The first kappa shape index (κ1) is 15.6. The van der Waals surface area contributed by atoms with Gasteiger partial charge in [-0.1, -0.05) is 0 Å². The molecule has 8 heteroatoms. The van der Waals surface area contributed by atoms with Gasteiger partial charge < -0.3 is 15.5 Å². The summed E-state index contributed by atoms with van der Waals surface area (Å²) in [6.07, 6.45) is -2.57. The highest BCUT2D eigenvalue weighted by molar-refractivity contribution is 5.89. The third kappa shape index (κ3) is 2.93. The minimum absolute atomic E-state index is 0.106. The molecule has 2 amide bonds. The van der Waals surface area contributed by atoms with Crippen LogP contribution in [0.5, 0.6) is 0 Å². The van der Waals surface area contributed by atoms with Crippen molar-refractivity contribution in [2.75, 3.05) is 26.2 Å². The van der Waals surface area contributed by atoms with Crippen LogP contribution in [-0.2, 0) is 9.59 Å². The van der Waals surface area contributed by atoms with Gasteiger partial charge in [-0.25, -0.2) is 0 Å². The first-order valence-electron chi connectivity index (χ1n) is 7.63. The molecule has 3 rings (SSSR count). The number of nitrogens with zero attached hydrogens (tertiary/aromatic N) is 2. The zero-order chi connectivity index (χ0) is 16.1. The fraction of sp³-hybridized carbons (Fsp3) is 0.857. The van der Waals surface area contributed by atoms with E-state index in [0.29, 0.717) is 24.9 Å². The Bertz CT molecular complexity index is 482. The van der Waals surface area contributed by atoms with E-state index in [1.165, 1.54) is 0 Å². The number of hydrogen-bond donors (Lipinski definition) is 1. The highest BCUT2D eigenvalue weighted by atomic mass is 19.4. The zero-order valence-electron chi connectivity index (χ0n) is 12.2. The number of nitrogens with two attached hydrogens (primary N) is 1. The first-order chi connectivity index (χ1) is 10.2. The molecule has 22 heavy (non-hydrogen) atoms. The lowest BCUT2D eigenvalue weighted by atomic mass is 9.98. The summed E-state index contributed by atoms with van der Waals surface area (Å²) in [6, 6.07) is 0.106. The van der Waals surface area contributed by atoms with Crippen LogP contribution in [0.3, 0.4) is 0 Å². The Morgan fingerprint density at radius 2 is 1.95 bits per heavy atom. The van der Waals surface area contributed by atoms with Gasteiger partial charge in [0.2, 0.25) is 11.8 Å². The van der Waals surface area contributed by atoms with E-state index in [9.17, 15) is 22.8 Å². The molecule has 3 fully saturated rings. The molecule has 2 heterocycles. The van der Waals surface area contributed by atoms with Crippen LogP contribution in [0.2, 0.25) is 0 Å². The van der Waals surface area contributed by atoms with E-state index >= 15 is 0 Å². The van der Waals surface area contributed by atoms with E-state index in [2.05, 4.69) is 0 Å². The maximum absolute atomic E-state index is 12.5. The van der Waals surface area contributed by atoms with Crippen molar-refractivity contribution in [1.82, 2.24) is 9.80 Å². The Hall–Kier alpha value is -1.31. The summed E-state index contributed by atoms with van der Waals surface area (Å²) in [7, 11) is 0. The van der Waals surface area contributed by atoms with Crippen molar-refractivity contribution in [1.29, 1.82) is 0 Å². The van der Waals surface area contributed by atoms with E-state index in [-0.39, 0.29) is 24.9 Å². The van der Waals surface area contributed by atoms with Crippen molar-refractivity contribution >= 4 is 11.8 Å². The van der Waals surface area contributed by atoms with Crippen molar-refractivity contribution in [3.8, 4) is 0 Å². The number of amides is 2. The molecule has 0 spiro atoms. The van der Waals surface area contributed by atoms with Gasteiger partial charge in [-0.2, -0.15) is 13.2 Å². The molecule has 0 aromatic rings. The van der Waals surface area contributed by atoms with Gasteiger partial charge in [0.15, 0.2) is 0 Å². The van der Waals surface area contributed by atoms with E-state index in [1.54, 1.807) is 4.90 Å². The summed E-state index contributed by atoms with van der Waals surface area (Å²) in [5, 5.41) is 0. The molecule has 124 valence electrons. The Kier molecular flexibility index (Phi) is 3.82. The normalized spacial score (nSPS) is 35.4. The van der Waals surface area contributed by atoms with Crippen LogP contribution in [0.25, 0.3) is 0 Å². The van der Waals surface area contributed by atoms with E-state index in [4.69, 9.17) is 5.73 Å². The molecule has 5 nitrogen and oxygen atoms in total. The van der Waals surface area contributed by atoms with Crippen LogP contribution in [0.1, 0.15) is 19.3 Å². The predicted octanol–water partition coefficient (Wildman–Crippen LogP) is 0.593. The van der Waals surface area contributed by atoms with Crippen LogP contribution < -0.4 is 5.73 Å². The number of likely N-dealkylation sites (tertiary alicyclic amines) is 2. The molecular weight excluding hydrogens is 299 g/mol. The fourth-order valence-corrected chi connectivity index (χ4v) is 4.05. The smallest absolute Gasteiger partial charge is 0.342 e. The van der Waals surface area contributed by atoms with Crippen molar-refractivity contribution in [3.05, 3.63) is 0 Å². The minimum atomic E-state index is -4.43. The number of carbonyl (C=O) groups excluding carboxylic acids is 2. The highest BCUT2D eigenvalue weighted by Crippen LogP contribution is 2.38. The average Bonchev–Trinajstić information content (AvgIpc) is 3.06. The summed E-state index contributed by atoms with van der Waals surface area (Å²) < 4.78 is 37.2. The van der Waals surface area contributed by atoms with Gasteiger partial charge in [0, 0.05) is 32.1 Å². The fourth-order valence-electron chi connectivity index (χ4n) is 4.05. The number of fused-ring (bicyclic) bond motifs is 1. The lowest BCUT2D eigenvalue weighted by molar-refractivity contribution is -0.157. The molecule has 1 aliphatic carbocycles. The zero-order valence-corrected chi connectivity index (χ0v) is 12.2. The molecule has 2 N–H and O–H groups in total. The van der Waals surface area contributed by atoms with Crippen molar-refractivity contribution in [3.63, 3.8) is 0 Å². The standard InChI is InChI=1S/C14H20F3N3O2/c15-14(16,17)7-20-5-9(3-12(20)21)13(22)19-4-8-1-2-11(18)10(8)6-19/h8-11H,1-7,18H2. The van der Waals surface area contributed by atoms with Gasteiger partial charge in [-0.15, -0.1) is 0 Å². The van der Waals surface area contributed by atoms with Crippen LogP contribution >= 0.6 is 0 Å². The van der Waals surface area contributed by atoms with E-state index in [1.807, 2.05) is 0 Å². The summed E-state index contributed by atoms with van der Waals surface area (Å²) in [5.74, 6) is -0.731. The lowest BCUT2D eigenvalue weighted by Crippen LogP contribution is -2.39. The molecule has 4 atom stereocenters. The Morgan fingerprint density at radius 3 is 2.59 bits per heavy atom. The van der Waals surface area contributed by atoms with Crippen LogP contribution in [0.4, 0.5) is 13.2 Å². The third-order valence-electron chi connectivity index (χ3n) is 5.16. The van der Waals surface area contributed by atoms with Crippen molar-refractivity contribution < 1.29 is 22.8 Å². The average molecular weight is 319 g/mol. The molecule has 0 bridgehead atoms. The molecule has 4 unspecified atom stereocenters. The molecule has 3 aliphatic rings. The summed E-state index contributed by atoms with van der Waals surface area (Å²) in [4.78, 5) is 26.6. The van der Waals surface area contributed by atoms with Crippen LogP contribution in [0.15, 0.2) is 0 Å². The van der Waals surface area contributed by atoms with Crippen molar-refractivity contribution in [2.45, 2.75) is 31.5 Å². The highest BCUT2D eigenvalue weighted by Gasteiger charge is 2.46. The topological polar surface area (TPSA) is 66.6 Å². The molecule has 2 saturated heterocycles. The predicted molar refractivity (Wildman–Crippen MR) is 71.5 cm³/mol. The summed E-state index contributed by atoms with van der Waals surface area (Å²) in [5.41, 5.74) is 6.02. The number of halogens is 3. The molecule has 1 saturated carbocycles. The molecule has 0 radical (unpaired) electrons. The summed E-state index contributed by atoms with van der Waals surface area (Å²) >= 11 is 0. The van der Waals surface area contributed by atoms with E-state index < -0.39 is 24.5 Å². The second-order valence-electron chi connectivity index (χ2n) is 6.70. The largest absolute Gasteiger partial charge is 0.406 e. The maximum Gasteiger partial charge on any atom is 0.406 e. The maximum atomic E-state index is 12.5. The molecule has 2 aliphatic heterocycles. The molecule has 0 aromatic carbocycles. The number of alkyl halides is 3. The van der Waals surface area contributed by atoms with Crippen molar-refractivity contribution in [2.24, 2.45) is 23.5 Å². The van der Waals surface area contributed by atoms with Gasteiger partial charge in [0.25, 0.3) is 0 Å². The van der Waals surface area contributed by atoms with Gasteiger partial charge in [0.1, 0.15) is 6.54 Å². The molecule has 0 aromatic heterocycles. The second kappa shape index (κ2) is 5.40. The van der Waals surface area contributed by atoms with Gasteiger partial charge in [-0.3, -0.25) is 9.59 Å². The minimum Gasteiger partial charge on any atom is -0.342 e. The summed E-state index contributed by atoms with van der Waals surface area (Å²) in [6.45, 7) is -0.198. The Morgan fingerprint density at radius 1 is 1.23 bits per heavy atom. The van der Waals surface area contributed by atoms with E-state index in [0.717, 1.165) is 17.7 Å². The Labute approximate surface area is 126 Å². The lowest BCUT2D eigenvalue weighted by Gasteiger charge is -2.22. The number of hydrogen-bond acceptors (Lipinski definition) is 3. The van der Waals surface area contributed by atoms with Gasteiger partial charge in [0.05, 0.1) is 5.92 Å². The van der Waals surface area contributed by atoms with Gasteiger partial charge >= 0.3 is 6.18 Å². The number of rotatable bonds is 2. The number of carbonyl (C=O) groups is 2. The quantitative estimate of drug-likeness (QED) is 0.810.